The highest BCUT2D eigenvalue weighted by Gasteiger charge is 2.24. The summed E-state index contributed by atoms with van der Waals surface area (Å²) in [5.41, 5.74) is -0.454. The number of aromatic nitrogens is 1. The van der Waals surface area contributed by atoms with Crippen molar-refractivity contribution < 1.29 is 18.4 Å². The largest absolute Gasteiger partial charge is 0.354 e. The number of nitrogens with zero attached hydrogens (tertiary/aromatic N) is 1. The first kappa shape index (κ1) is 13.4. The molecule has 0 aromatic carbocycles. The van der Waals surface area contributed by atoms with Crippen molar-refractivity contribution >= 4 is 11.8 Å². The van der Waals surface area contributed by atoms with Gasteiger partial charge >= 0.3 is 0 Å². The summed E-state index contributed by atoms with van der Waals surface area (Å²) in [6.07, 6.45) is 3.08. The van der Waals surface area contributed by atoms with Crippen LogP contribution in [0, 0.1) is 11.8 Å². The van der Waals surface area contributed by atoms with Gasteiger partial charge in [-0.1, -0.05) is 0 Å². The Bertz CT molecular complexity index is 508. The molecule has 0 radical (unpaired) electrons. The van der Waals surface area contributed by atoms with Crippen molar-refractivity contribution in [3.8, 4) is 0 Å². The molecule has 7 heteroatoms. The Kier molecular flexibility index (Phi) is 4.03. The molecular weight excluding hydrogens is 256 g/mol. The van der Waals surface area contributed by atoms with Gasteiger partial charge in [-0.15, -0.1) is 0 Å². The first-order chi connectivity index (χ1) is 9.09. The van der Waals surface area contributed by atoms with E-state index in [4.69, 9.17) is 0 Å². The van der Waals surface area contributed by atoms with Gasteiger partial charge in [0.15, 0.2) is 5.82 Å². The normalized spacial score (nSPS) is 19.5. The first-order valence-electron chi connectivity index (χ1n) is 5.98. The van der Waals surface area contributed by atoms with E-state index < -0.39 is 29.3 Å². The number of rotatable bonds is 2. The molecule has 1 unspecified atom stereocenters. The Morgan fingerprint density at radius 2 is 2.21 bits per heavy atom. The number of hydrogen-bond acceptors (Lipinski definition) is 3. The summed E-state index contributed by atoms with van der Waals surface area (Å²) in [6.45, 7) is 0.559. The second-order valence-corrected chi connectivity index (χ2v) is 4.28. The van der Waals surface area contributed by atoms with E-state index in [0.717, 1.165) is 25.1 Å². The number of amides is 2. The van der Waals surface area contributed by atoms with Crippen molar-refractivity contribution in [2.75, 3.05) is 6.54 Å². The van der Waals surface area contributed by atoms with Crippen molar-refractivity contribution in [3.05, 3.63) is 29.6 Å². The molecule has 2 heterocycles. The standard InChI is InChI=1S/C12H13F2N3O2/c13-9-7(4-6-15-10(9)14)11(18)17-8-3-1-2-5-16-12(8)19/h4,6,8H,1-3,5H2,(H,16,19)(H,17,18). The lowest BCUT2D eigenvalue weighted by molar-refractivity contribution is -0.122. The Balaban J connectivity index is 2.12. The van der Waals surface area contributed by atoms with Gasteiger partial charge in [-0.3, -0.25) is 9.59 Å². The van der Waals surface area contributed by atoms with Gasteiger partial charge in [0, 0.05) is 12.7 Å². The van der Waals surface area contributed by atoms with E-state index in [2.05, 4.69) is 15.6 Å². The highest BCUT2D eigenvalue weighted by Crippen LogP contribution is 2.11. The van der Waals surface area contributed by atoms with Gasteiger partial charge < -0.3 is 10.6 Å². The van der Waals surface area contributed by atoms with Crippen molar-refractivity contribution in [1.29, 1.82) is 0 Å². The third kappa shape index (κ3) is 3.04. The summed E-state index contributed by atoms with van der Waals surface area (Å²) in [7, 11) is 0. The number of pyridine rings is 1. The molecule has 0 aliphatic carbocycles. The summed E-state index contributed by atoms with van der Waals surface area (Å²) in [5, 5.41) is 5.05. The van der Waals surface area contributed by atoms with Crippen LogP contribution in [-0.2, 0) is 4.79 Å². The van der Waals surface area contributed by atoms with E-state index in [1.54, 1.807) is 0 Å². The molecule has 5 nitrogen and oxygen atoms in total. The maximum atomic E-state index is 13.4. The quantitative estimate of drug-likeness (QED) is 0.779. The van der Waals surface area contributed by atoms with Crippen LogP contribution < -0.4 is 10.6 Å². The molecule has 1 aliphatic heterocycles. The van der Waals surface area contributed by atoms with Crippen LogP contribution >= 0.6 is 0 Å². The van der Waals surface area contributed by atoms with Gasteiger partial charge in [-0.25, -0.2) is 9.37 Å². The van der Waals surface area contributed by atoms with Crippen LogP contribution in [0.4, 0.5) is 8.78 Å². The summed E-state index contributed by atoms with van der Waals surface area (Å²) in [4.78, 5) is 26.5. The molecule has 0 spiro atoms. The molecular formula is C12H13F2N3O2. The predicted molar refractivity (Wildman–Crippen MR) is 62.3 cm³/mol. The van der Waals surface area contributed by atoms with Crippen LogP contribution in [0.3, 0.4) is 0 Å². The van der Waals surface area contributed by atoms with Gasteiger partial charge in [0.25, 0.3) is 5.91 Å². The van der Waals surface area contributed by atoms with Crippen LogP contribution in [0.5, 0.6) is 0 Å². The van der Waals surface area contributed by atoms with Crippen LogP contribution in [0.15, 0.2) is 12.3 Å². The average Bonchev–Trinajstić information content (AvgIpc) is 2.58. The second-order valence-electron chi connectivity index (χ2n) is 4.28. The maximum absolute atomic E-state index is 13.4. The predicted octanol–water partition coefficient (Wildman–Crippen LogP) is 0.758. The zero-order valence-electron chi connectivity index (χ0n) is 10.1. The van der Waals surface area contributed by atoms with Crippen LogP contribution in [-0.4, -0.2) is 29.4 Å². The van der Waals surface area contributed by atoms with E-state index in [1.807, 2.05) is 0 Å². The molecule has 2 N–H and O–H groups in total. The summed E-state index contributed by atoms with van der Waals surface area (Å²) in [5.74, 6) is -3.77. The molecule has 2 rings (SSSR count). The summed E-state index contributed by atoms with van der Waals surface area (Å²) in [6, 6.07) is 0.355. The number of carbonyl (C=O) groups excluding carboxylic acids is 2. The van der Waals surface area contributed by atoms with Crippen molar-refractivity contribution in [2.24, 2.45) is 0 Å². The lowest BCUT2D eigenvalue weighted by Gasteiger charge is -2.15. The number of halogens is 2. The minimum atomic E-state index is -1.34. The van der Waals surface area contributed by atoms with E-state index in [9.17, 15) is 18.4 Å². The number of hydrogen-bond donors (Lipinski definition) is 2. The monoisotopic (exact) mass is 269 g/mol. The van der Waals surface area contributed by atoms with Crippen LogP contribution in [0.2, 0.25) is 0 Å². The smallest absolute Gasteiger partial charge is 0.255 e. The van der Waals surface area contributed by atoms with Gasteiger partial charge in [0.05, 0.1) is 5.56 Å². The third-order valence-corrected chi connectivity index (χ3v) is 2.93. The topological polar surface area (TPSA) is 71.1 Å². The van der Waals surface area contributed by atoms with Crippen LogP contribution in [0.25, 0.3) is 0 Å². The fourth-order valence-corrected chi connectivity index (χ4v) is 1.91. The fraction of sp³-hybridized carbons (Fsp3) is 0.417. The highest BCUT2D eigenvalue weighted by atomic mass is 19.2. The molecule has 2 amide bonds. The molecule has 1 atom stereocenters. The summed E-state index contributed by atoms with van der Waals surface area (Å²) >= 11 is 0. The van der Waals surface area contributed by atoms with Gasteiger partial charge in [0.2, 0.25) is 11.9 Å². The molecule has 1 aliphatic rings. The lowest BCUT2D eigenvalue weighted by atomic mass is 10.1. The zero-order valence-corrected chi connectivity index (χ0v) is 10.1. The molecule has 1 fully saturated rings. The molecule has 0 bridgehead atoms. The SMILES string of the molecule is O=C(NC1CCCCNC1=O)c1ccnc(F)c1F. The molecule has 0 saturated carbocycles. The molecule has 1 aromatic rings. The Morgan fingerprint density at radius 3 is 3.00 bits per heavy atom. The average molecular weight is 269 g/mol. The van der Waals surface area contributed by atoms with E-state index in [1.165, 1.54) is 0 Å². The minimum absolute atomic E-state index is 0.305. The zero-order chi connectivity index (χ0) is 13.8. The molecule has 102 valence electrons. The molecule has 19 heavy (non-hydrogen) atoms. The third-order valence-electron chi connectivity index (χ3n) is 2.93. The van der Waals surface area contributed by atoms with Gasteiger partial charge in [0.1, 0.15) is 6.04 Å². The Labute approximate surface area is 108 Å². The van der Waals surface area contributed by atoms with Crippen molar-refractivity contribution in [1.82, 2.24) is 15.6 Å². The minimum Gasteiger partial charge on any atom is -0.354 e. The Hall–Kier alpha value is -2.05. The second kappa shape index (κ2) is 5.73. The van der Waals surface area contributed by atoms with Crippen LogP contribution in [0.1, 0.15) is 29.6 Å². The molecule has 1 saturated heterocycles. The highest BCUT2D eigenvalue weighted by molar-refractivity contribution is 5.97. The first-order valence-corrected chi connectivity index (χ1v) is 5.98. The maximum Gasteiger partial charge on any atom is 0.255 e. The van der Waals surface area contributed by atoms with Gasteiger partial charge in [-0.2, -0.15) is 4.39 Å². The van der Waals surface area contributed by atoms with E-state index >= 15 is 0 Å². The van der Waals surface area contributed by atoms with Crippen molar-refractivity contribution in [2.45, 2.75) is 25.3 Å². The number of nitrogens with one attached hydrogen (secondary N) is 2. The fourth-order valence-electron chi connectivity index (χ4n) is 1.91. The molecule has 1 aromatic heterocycles. The number of carbonyl (C=O) groups is 2. The Morgan fingerprint density at radius 1 is 1.42 bits per heavy atom. The van der Waals surface area contributed by atoms with E-state index in [0.29, 0.717) is 13.0 Å². The van der Waals surface area contributed by atoms with Gasteiger partial charge in [-0.05, 0) is 25.3 Å². The summed E-state index contributed by atoms with van der Waals surface area (Å²) < 4.78 is 26.3. The van der Waals surface area contributed by atoms with Crippen molar-refractivity contribution in [3.63, 3.8) is 0 Å². The lowest BCUT2D eigenvalue weighted by Crippen LogP contribution is -2.45. The van der Waals surface area contributed by atoms with E-state index in [-0.39, 0.29) is 5.91 Å².